The Labute approximate surface area is 149 Å². The van der Waals surface area contributed by atoms with E-state index in [4.69, 9.17) is 5.73 Å². The van der Waals surface area contributed by atoms with Gasteiger partial charge in [0.1, 0.15) is 5.92 Å². The van der Waals surface area contributed by atoms with Gasteiger partial charge in [0.2, 0.25) is 0 Å². The van der Waals surface area contributed by atoms with Gasteiger partial charge in [0.15, 0.2) is 11.6 Å². The fourth-order valence-corrected chi connectivity index (χ4v) is 3.72. The summed E-state index contributed by atoms with van der Waals surface area (Å²) < 4.78 is 0. The van der Waals surface area contributed by atoms with Gasteiger partial charge in [-0.25, -0.2) is 0 Å². The monoisotopic (exact) mass is 338 g/mol. The van der Waals surface area contributed by atoms with Crippen LogP contribution in [0.5, 0.6) is 0 Å². The van der Waals surface area contributed by atoms with Gasteiger partial charge in [-0.1, -0.05) is 42.5 Å². The standard InChI is InChI=1S/C22H14N2O2/c23-17-11-19(24-18-8-4-3-7-14(17)18)20-21(25)15-9-12-5-1-2-6-13(12)10-16(15)22(20)26/h1-11,20H,(H2,23,24). The zero-order valence-electron chi connectivity index (χ0n) is 13.8. The van der Waals surface area contributed by atoms with Crippen molar-refractivity contribution in [3.05, 3.63) is 83.6 Å². The normalized spacial score (nSPS) is 14.3. The van der Waals surface area contributed by atoms with Crippen LogP contribution in [0.4, 0.5) is 5.69 Å². The van der Waals surface area contributed by atoms with Crippen molar-refractivity contribution < 1.29 is 9.59 Å². The Morgan fingerprint density at radius 2 is 1.35 bits per heavy atom. The minimum Gasteiger partial charge on any atom is -0.398 e. The summed E-state index contributed by atoms with van der Waals surface area (Å²) in [5.74, 6) is -1.34. The van der Waals surface area contributed by atoms with Crippen molar-refractivity contribution >= 4 is 38.9 Å². The molecule has 0 saturated carbocycles. The second-order valence-electron chi connectivity index (χ2n) is 6.56. The highest BCUT2D eigenvalue weighted by molar-refractivity contribution is 6.30. The quantitative estimate of drug-likeness (QED) is 0.530. The van der Waals surface area contributed by atoms with Gasteiger partial charge in [0.25, 0.3) is 0 Å². The van der Waals surface area contributed by atoms with Gasteiger partial charge < -0.3 is 5.73 Å². The number of anilines is 1. The average Bonchev–Trinajstić information content (AvgIpc) is 2.90. The Kier molecular flexibility index (Phi) is 2.97. The minimum atomic E-state index is -0.922. The van der Waals surface area contributed by atoms with Crippen LogP contribution in [-0.4, -0.2) is 16.6 Å². The van der Waals surface area contributed by atoms with E-state index in [1.807, 2.05) is 48.5 Å². The number of hydrogen-bond acceptors (Lipinski definition) is 4. The van der Waals surface area contributed by atoms with Crippen molar-refractivity contribution in [1.82, 2.24) is 4.98 Å². The van der Waals surface area contributed by atoms with Crippen LogP contribution in [0.2, 0.25) is 0 Å². The number of fused-ring (bicyclic) bond motifs is 3. The van der Waals surface area contributed by atoms with Crippen LogP contribution in [0.25, 0.3) is 21.7 Å². The van der Waals surface area contributed by atoms with Crippen LogP contribution in [0.1, 0.15) is 32.3 Å². The molecule has 2 N–H and O–H groups in total. The zero-order chi connectivity index (χ0) is 17.8. The number of Topliss-reactive ketones (excluding diaryl/α,β-unsaturated/α-hetero) is 2. The highest BCUT2D eigenvalue weighted by Gasteiger charge is 2.41. The van der Waals surface area contributed by atoms with Crippen LogP contribution in [0.3, 0.4) is 0 Å². The first-order valence-electron chi connectivity index (χ1n) is 8.40. The summed E-state index contributed by atoms with van der Waals surface area (Å²) in [6, 6.07) is 20.4. The molecule has 1 aliphatic carbocycles. The van der Waals surface area contributed by atoms with E-state index in [0.29, 0.717) is 28.0 Å². The maximum Gasteiger partial charge on any atom is 0.180 e. The Hall–Kier alpha value is -3.53. The number of nitrogens with two attached hydrogens (primary N) is 1. The smallest absolute Gasteiger partial charge is 0.180 e. The molecule has 0 fully saturated rings. The van der Waals surface area contributed by atoms with E-state index in [9.17, 15) is 9.59 Å². The molecule has 5 rings (SSSR count). The largest absolute Gasteiger partial charge is 0.398 e. The summed E-state index contributed by atoms with van der Waals surface area (Å²) in [7, 11) is 0. The Morgan fingerprint density at radius 3 is 2.00 bits per heavy atom. The Morgan fingerprint density at radius 1 is 0.769 bits per heavy atom. The number of rotatable bonds is 1. The molecule has 0 atom stereocenters. The fraction of sp³-hybridized carbons (Fsp3) is 0.0455. The molecule has 1 aromatic heterocycles. The van der Waals surface area contributed by atoms with Crippen molar-refractivity contribution in [3.63, 3.8) is 0 Å². The molecule has 4 aromatic rings. The second kappa shape index (κ2) is 5.23. The van der Waals surface area contributed by atoms with E-state index >= 15 is 0 Å². The van der Waals surface area contributed by atoms with Gasteiger partial charge in [-0.3, -0.25) is 14.6 Å². The molecule has 0 amide bonds. The number of benzene rings is 3. The van der Waals surface area contributed by atoms with Gasteiger partial charge in [-0.05, 0) is 35.0 Å². The maximum atomic E-state index is 13.0. The number of hydrogen-bond donors (Lipinski definition) is 1. The van der Waals surface area contributed by atoms with Gasteiger partial charge in [-0.2, -0.15) is 0 Å². The summed E-state index contributed by atoms with van der Waals surface area (Å²) in [4.78, 5) is 30.5. The molecule has 1 heterocycles. The van der Waals surface area contributed by atoms with Crippen LogP contribution >= 0.6 is 0 Å². The number of pyridine rings is 1. The van der Waals surface area contributed by atoms with Crippen LogP contribution in [-0.2, 0) is 0 Å². The molecule has 4 heteroatoms. The Balaban J connectivity index is 1.70. The molecule has 0 unspecified atom stereocenters. The molecule has 0 aliphatic heterocycles. The van der Waals surface area contributed by atoms with Gasteiger partial charge >= 0.3 is 0 Å². The summed E-state index contributed by atoms with van der Waals surface area (Å²) >= 11 is 0. The maximum absolute atomic E-state index is 13.0. The number of para-hydroxylation sites is 1. The minimum absolute atomic E-state index is 0.210. The third-order valence-corrected chi connectivity index (χ3v) is 5.00. The second-order valence-corrected chi connectivity index (χ2v) is 6.56. The molecule has 3 aromatic carbocycles. The van der Waals surface area contributed by atoms with E-state index < -0.39 is 5.92 Å². The molecule has 124 valence electrons. The van der Waals surface area contributed by atoms with E-state index in [1.165, 1.54) is 0 Å². The predicted molar refractivity (Wildman–Crippen MR) is 102 cm³/mol. The van der Waals surface area contributed by atoms with E-state index in [0.717, 1.165) is 16.2 Å². The third kappa shape index (κ3) is 1.99. The van der Waals surface area contributed by atoms with Crippen LogP contribution < -0.4 is 5.73 Å². The van der Waals surface area contributed by atoms with Crippen molar-refractivity contribution in [3.8, 4) is 0 Å². The van der Waals surface area contributed by atoms with Crippen LogP contribution in [0.15, 0.2) is 66.7 Å². The Bertz CT molecular complexity index is 1190. The van der Waals surface area contributed by atoms with E-state index in [2.05, 4.69) is 4.98 Å². The van der Waals surface area contributed by atoms with Gasteiger partial charge in [0, 0.05) is 22.2 Å². The first-order valence-corrected chi connectivity index (χ1v) is 8.40. The average molecular weight is 338 g/mol. The highest BCUT2D eigenvalue weighted by atomic mass is 16.2. The van der Waals surface area contributed by atoms with Crippen molar-refractivity contribution in [1.29, 1.82) is 0 Å². The summed E-state index contributed by atoms with van der Waals surface area (Å²) in [6.07, 6.45) is 0. The topological polar surface area (TPSA) is 73.1 Å². The number of aromatic nitrogens is 1. The number of carbonyl (C=O) groups excluding carboxylic acids is 2. The molecule has 0 spiro atoms. The lowest BCUT2D eigenvalue weighted by molar-refractivity contribution is 0.0888. The molecule has 4 nitrogen and oxygen atoms in total. The first-order chi connectivity index (χ1) is 12.6. The lowest BCUT2D eigenvalue weighted by Crippen LogP contribution is -2.15. The van der Waals surface area contributed by atoms with Crippen molar-refractivity contribution in [2.75, 3.05) is 5.73 Å². The third-order valence-electron chi connectivity index (χ3n) is 5.00. The molecule has 0 bridgehead atoms. The molecular weight excluding hydrogens is 324 g/mol. The predicted octanol–water partition coefficient (Wildman–Crippen LogP) is 4.13. The van der Waals surface area contributed by atoms with Crippen molar-refractivity contribution in [2.24, 2.45) is 0 Å². The lowest BCUT2D eigenvalue weighted by atomic mass is 9.97. The number of carbonyl (C=O) groups is 2. The summed E-state index contributed by atoms with van der Waals surface area (Å²) in [5, 5.41) is 2.70. The van der Waals surface area contributed by atoms with Crippen LogP contribution in [0, 0.1) is 0 Å². The summed E-state index contributed by atoms with van der Waals surface area (Å²) in [6.45, 7) is 0. The van der Waals surface area contributed by atoms with E-state index in [1.54, 1.807) is 18.2 Å². The molecule has 0 saturated heterocycles. The molecule has 1 aliphatic rings. The lowest BCUT2D eigenvalue weighted by Gasteiger charge is -2.10. The summed E-state index contributed by atoms with van der Waals surface area (Å²) in [5.41, 5.74) is 8.69. The van der Waals surface area contributed by atoms with E-state index in [-0.39, 0.29) is 11.6 Å². The zero-order valence-corrected chi connectivity index (χ0v) is 13.8. The van der Waals surface area contributed by atoms with Gasteiger partial charge in [-0.15, -0.1) is 0 Å². The first kappa shape index (κ1) is 14.8. The molecule has 0 radical (unpaired) electrons. The SMILES string of the molecule is Nc1cc(C2C(=O)c3cc4ccccc4cc3C2=O)nc2ccccc12. The molecular formula is C22H14N2O2. The van der Waals surface area contributed by atoms with Crippen molar-refractivity contribution in [2.45, 2.75) is 5.92 Å². The van der Waals surface area contributed by atoms with Gasteiger partial charge in [0.05, 0.1) is 11.2 Å². The fourth-order valence-electron chi connectivity index (χ4n) is 3.72. The number of nitrogen functional groups attached to an aromatic ring is 1. The molecule has 26 heavy (non-hydrogen) atoms. The number of ketones is 2. The highest BCUT2D eigenvalue weighted by Crippen LogP contribution is 2.37. The number of nitrogens with zero attached hydrogens (tertiary/aromatic N) is 1.